The van der Waals surface area contributed by atoms with E-state index in [-0.39, 0.29) is 5.91 Å². The summed E-state index contributed by atoms with van der Waals surface area (Å²) in [6.07, 6.45) is 0.720. The van der Waals surface area contributed by atoms with Crippen LogP contribution in [-0.2, 0) is 4.79 Å². The Balaban J connectivity index is 0. The van der Waals surface area contributed by atoms with E-state index >= 15 is 0 Å². The van der Waals surface area contributed by atoms with Gasteiger partial charge in [0.25, 0.3) is 0 Å². The molecule has 1 aliphatic heterocycles. The van der Waals surface area contributed by atoms with Crippen LogP contribution >= 0.6 is 12.6 Å². The van der Waals surface area contributed by atoms with Crippen LogP contribution in [0.1, 0.15) is 48.0 Å². The van der Waals surface area contributed by atoms with Gasteiger partial charge in [-0.05, 0) is 11.8 Å². The lowest BCUT2D eigenvalue weighted by Gasteiger charge is -2.14. The van der Waals surface area contributed by atoms with E-state index in [2.05, 4.69) is 26.5 Å². The van der Waals surface area contributed by atoms with Crippen LogP contribution in [0.25, 0.3) is 0 Å². The highest BCUT2D eigenvalue weighted by Gasteiger charge is 2.30. The molecule has 0 aromatic heterocycles. The van der Waals surface area contributed by atoms with Gasteiger partial charge in [-0.3, -0.25) is 4.79 Å². The fraction of sp³-hybridized carbons (Fsp3) is 0.917. The quantitative estimate of drug-likeness (QED) is 0.725. The van der Waals surface area contributed by atoms with Gasteiger partial charge in [0, 0.05) is 13.0 Å². The molecule has 2 nitrogen and oxygen atoms in total. The predicted molar refractivity (Wildman–Crippen MR) is 71.2 cm³/mol. The molecular formula is C12H27NOS. The molecule has 1 amide bonds. The summed E-state index contributed by atoms with van der Waals surface area (Å²) in [5.74, 6) is 2.00. The van der Waals surface area contributed by atoms with Gasteiger partial charge in [-0.15, -0.1) is 0 Å². The van der Waals surface area contributed by atoms with E-state index in [0.717, 1.165) is 13.0 Å². The summed E-state index contributed by atoms with van der Waals surface area (Å²) in [5, 5.41) is 0. The molecule has 0 saturated carbocycles. The van der Waals surface area contributed by atoms with Crippen molar-refractivity contribution < 1.29 is 4.79 Å². The van der Waals surface area contributed by atoms with Crippen LogP contribution in [0.2, 0.25) is 0 Å². The number of likely N-dealkylation sites (tertiary alicyclic amines) is 1. The van der Waals surface area contributed by atoms with Crippen LogP contribution < -0.4 is 0 Å². The van der Waals surface area contributed by atoms with Gasteiger partial charge in [-0.1, -0.05) is 41.5 Å². The van der Waals surface area contributed by atoms with Gasteiger partial charge in [-0.25, -0.2) is 0 Å². The molecular weight excluding hydrogens is 206 g/mol. The van der Waals surface area contributed by atoms with Crippen LogP contribution in [0, 0.1) is 11.8 Å². The second-order valence-electron chi connectivity index (χ2n) is 3.47. The van der Waals surface area contributed by atoms with Crippen LogP contribution in [-0.4, -0.2) is 23.2 Å². The van der Waals surface area contributed by atoms with Gasteiger partial charge >= 0.3 is 0 Å². The first-order valence-corrected chi connectivity index (χ1v) is 6.67. The number of carbonyl (C=O) groups excluding carboxylic acids is 1. The molecule has 0 aliphatic carbocycles. The molecule has 1 unspecified atom stereocenters. The number of hydrogen-bond donors (Lipinski definition) is 1. The third-order valence-electron chi connectivity index (χ3n) is 2.36. The number of thiol groups is 1. The van der Waals surface area contributed by atoms with Crippen LogP contribution in [0.15, 0.2) is 0 Å². The fourth-order valence-corrected chi connectivity index (χ4v) is 1.66. The zero-order valence-electron chi connectivity index (χ0n) is 11.1. The second kappa shape index (κ2) is 10.3. The molecule has 0 N–H and O–H groups in total. The van der Waals surface area contributed by atoms with Crippen LogP contribution in [0.5, 0.6) is 0 Å². The highest BCUT2D eigenvalue weighted by Crippen LogP contribution is 2.24. The van der Waals surface area contributed by atoms with E-state index in [1.54, 1.807) is 0 Å². The fourth-order valence-electron chi connectivity index (χ4n) is 1.39. The van der Waals surface area contributed by atoms with E-state index in [4.69, 9.17) is 0 Å². The van der Waals surface area contributed by atoms with Crippen molar-refractivity contribution in [3.05, 3.63) is 0 Å². The molecule has 0 radical (unpaired) electrons. The standard InChI is InChI=1S/C8H15NOS.2C2H6/c1-6(2)7-3-8(10)9(4-7)5-11;2*1-2/h6-7,11H,3-5H2,1-2H3;2*1-2H3. The molecule has 1 rings (SSSR count). The largest absolute Gasteiger partial charge is 0.333 e. The Morgan fingerprint density at radius 1 is 1.33 bits per heavy atom. The maximum Gasteiger partial charge on any atom is 0.223 e. The first-order chi connectivity index (χ1) is 7.15. The molecule has 1 fully saturated rings. The van der Waals surface area contributed by atoms with Crippen molar-refractivity contribution in [2.24, 2.45) is 11.8 Å². The number of amides is 1. The Labute approximate surface area is 101 Å². The minimum atomic E-state index is 0.263. The molecule has 3 heteroatoms. The Morgan fingerprint density at radius 2 is 1.80 bits per heavy atom. The van der Waals surface area contributed by atoms with Crippen molar-refractivity contribution in [3.8, 4) is 0 Å². The van der Waals surface area contributed by atoms with Crippen molar-refractivity contribution in [2.45, 2.75) is 48.0 Å². The first kappa shape index (κ1) is 17.2. The molecule has 0 bridgehead atoms. The average molecular weight is 233 g/mol. The van der Waals surface area contributed by atoms with E-state index in [9.17, 15) is 4.79 Å². The Hall–Kier alpha value is -0.180. The van der Waals surface area contributed by atoms with E-state index in [1.807, 2.05) is 32.6 Å². The second-order valence-corrected chi connectivity index (χ2v) is 3.75. The van der Waals surface area contributed by atoms with Crippen molar-refractivity contribution in [2.75, 3.05) is 12.4 Å². The summed E-state index contributed by atoms with van der Waals surface area (Å²) < 4.78 is 0. The summed E-state index contributed by atoms with van der Waals surface area (Å²) in [7, 11) is 0. The molecule has 1 heterocycles. The average Bonchev–Trinajstić information content (AvgIpc) is 2.66. The topological polar surface area (TPSA) is 20.3 Å². The van der Waals surface area contributed by atoms with Crippen molar-refractivity contribution in [1.29, 1.82) is 0 Å². The van der Waals surface area contributed by atoms with Gasteiger partial charge in [0.15, 0.2) is 0 Å². The van der Waals surface area contributed by atoms with E-state index in [1.165, 1.54) is 0 Å². The third-order valence-corrected chi connectivity index (χ3v) is 2.70. The number of nitrogens with zero attached hydrogens (tertiary/aromatic N) is 1. The molecule has 1 atom stereocenters. The molecule has 0 spiro atoms. The summed E-state index contributed by atoms with van der Waals surface area (Å²) in [4.78, 5) is 13.0. The Kier molecular flexibility index (Phi) is 11.9. The summed E-state index contributed by atoms with van der Waals surface area (Å²) in [6.45, 7) is 13.2. The van der Waals surface area contributed by atoms with Crippen molar-refractivity contribution in [1.82, 2.24) is 4.90 Å². The lowest BCUT2D eigenvalue weighted by Crippen LogP contribution is -2.23. The van der Waals surface area contributed by atoms with E-state index < -0.39 is 0 Å². The molecule has 1 saturated heterocycles. The maximum absolute atomic E-state index is 11.2. The lowest BCUT2D eigenvalue weighted by atomic mass is 9.95. The number of hydrogen-bond acceptors (Lipinski definition) is 2. The zero-order chi connectivity index (χ0) is 12.4. The first-order valence-electron chi connectivity index (χ1n) is 6.03. The van der Waals surface area contributed by atoms with Gasteiger partial charge in [0.2, 0.25) is 5.91 Å². The Bertz CT molecular complexity index is 160. The van der Waals surface area contributed by atoms with Crippen LogP contribution in [0.3, 0.4) is 0 Å². The summed E-state index contributed by atoms with van der Waals surface area (Å²) in [6, 6.07) is 0. The summed E-state index contributed by atoms with van der Waals surface area (Å²) >= 11 is 4.09. The number of rotatable bonds is 2. The number of carbonyl (C=O) groups is 1. The maximum atomic E-state index is 11.2. The predicted octanol–water partition coefficient (Wildman–Crippen LogP) is 3.43. The minimum absolute atomic E-state index is 0.263. The SMILES string of the molecule is CC.CC.CC(C)C1CC(=O)N(CS)C1. The molecule has 1 aliphatic rings. The molecule has 92 valence electrons. The minimum Gasteiger partial charge on any atom is -0.333 e. The molecule has 15 heavy (non-hydrogen) atoms. The summed E-state index contributed by atoms with van der Waals surface area (Å²) in [5.41, 5.74) is 0. The normalized spacial score (nSPS) is 19.3. The monoisotopic (exact) mass is 233 g/mol. The van der Waals surface area contributed by atoms with E-state index in [0.29, 0.717) is 17.7 Å². The van der Waals surface area contributed by atoms with Crippen molar-refractivity contribution in [3.63, 3.8) is 0 Å². The smallest absolute Gasteiger partial charge is 0.223 e. The van der Waals surface area contributed by atoms with Gasteiger partial charge in [-0.2, -0.15) is 12.6 Å². The van der Waals surface area contributed by atoms with Gasteiger partial charge in [0.05, 0.1) is 5.88 Å². The highest BCUT2D eigenvalue weighted by molar-refractivity contribution is 7.80. The lowest BCUT2D eigenvalue weighted by molar-refractivity contribution is -0.126. The van der Waals surface area contributed by atoms with Crippen molar-refractivity contribution >= 4 is 18.5 Å². The van der Waals surface area contributed by atoms with Crippen LogP contribution in [0.4, 0.5) is 0 Å². The third kappa shape index (κ3) is 6.08. The molecule has 0 aromatic rings. The van der Waals surface area contributed by atoms with Gasteiger partial charge in [0.1, 0.15) is 0 Å². The molecule has 0 aromatic carbocycles. The highest BCUT2D eigenvalue weighted by atomic mass is 32.1. The Morgan fingerprint density at radius 3 is 2.00 bits per heavy atom. The van der Waals surface area contributed by atoms with Gasteiger partial charge < -0.3 is 4.90 Å². The zero-order valence-corrected chi connectivity index (χ0v) is 12.0.